The van der Waals surface area contributed by atoms with Crippen LogP contribution >= 0.6 is 0 Å². The zero-order valence-electron chi connectivity index (χ0n) is 12.7. The van der Waals surface area contributed by atoms with Gasteiger partial charge in [-0.2, -0.15) is 0 Å². The molecule has 0 radical (unpaired) electrons. The van der Waals surface area contributed by atoms with Crippen LogP contribution in [0.25, 0.3) is 0 Å². The molecule has 1 saturated heterocycles. The van der Waals surface area contributed by atoms with Crippen LogP contribution in [-0.4, -0.2) is 35.6 Å². The molecule has 2 rings (SSSR count). The van der Waals surface area contributed by atoms with Crippen LogP contribution in [0.15, 0.2) is 0 Å². The van der Waals surface area contributed by atoms with Crippen molar-refractivity contribution in [3.05, 3.63) is 0 Å². The summed E-state index contributed by atoms with van der Waals surface area (Å²) in [5, 5.41) is 15.6. The summed E-state index contributed by atoms with van der Waals surface area (Å²) in [5.41, 5.74) is -1.66. The van der Waals surface area contributed by atoms with Crippen LogP contribution in [-0.2, 0) is 9.59 Å². The lowest BCUT2D eigenvalue weighted by Crippen LogP contribution is -2.59. The van der Waals surface area contributed by atoms with Gasteiger partial charge in [0, 0.05) is 5.41 Å². The van der Waals surface area contributed by atoms with Crippen molar-refractivity contribution in [2.75, 3.05) is 13.1 Å². The lowest BCUT2D eigenvalue weighted by atomic mass is 9.73. The smallest absolute Gasteiger partial charge is 0.329 e. The Labute approximate surface area is 120 Å². The Morgan fingerprint density at radius 1 is 1.15 bits per heavy atom. The summed E-state index contributed by atoms with van der Waals surface area (Å²) in [6, 6.07) is 0. The molecule has 3 N–H and O–H groups in total. The van der Waals surface area contributed by atoms with Gasteiger partial charge in [0.25, 0.3) is 0 Å². The number of amides is 1. The van der Waals surface area contributed by atoms with Gasteiger partial charge in [-0.05, 0) is 57.5 Å². The maximum absolute atomic E-state index is 12.6. The minimum Gasteiger partial charge on any atom is -0.480 e. The largest absolute Gasteiger partial charge is 0.480 e. The van der Waals surface area contributed by atoms with Crippen molar-refractivity contribution in [1.29, 1.82) is 0 Å². The van der Waals surface area contributed by atoms with Gasteiger partial charge in [0.1, 0.15) is 5.54 Å². The Morgan fingerprint density at radius 3 is 2.25 bits per heavy atom. The fourth-order valence-corrected chi connectivity index (χ4v) is 3.04. The number of carbonyl (C=O) groups excluding carboxylic acids is 1. The number of rotatable bonds is 5. The summed E-state index contributed by atoms with van der Waals surface area (Å²) >= 11 is 0. The van der Waals surface area contributed by atoms with Gasteiger partial charge in [-0.15, -0.1) is 0 Å². The number of carboxylic acid groups (broad SMARTS) is 1. The summed E-state index contributed by atoms with van der Waals surface area (Å²) < 4.78 is 0. The van der Waals surface area contributed by atoms with Gasteiger partial charge in [0.15, 0.2) is 0 Å². The monoisotopic (exact) mass is 282 g/mol. The molecule has 1 amide bonds. The van der Waals surface area contributed by atoms with Gasteiger partial charge < -0.3 is 15.7 Å². The molecule has 114 valence electrons. The van der Waals surface area contributed by atoms with E-state index in [2.05, 4.69) is 10.6 Å². The first kappa shape index (κ1) is 15.3. The average Bonchev–Trinajstić information content (AvgIpc) is 3.23. The van der Waals surface area contributed by atoms with Gasteiger partial charge in [0.05, 0.1) is 0 Å². The Balaban J connectivity index is 2.07. The van der Waals surface area contributed by atoms with Crippen molar-refractivity contribution < 1.29 is 14.7 Å². The molecule has 0 aromatic rings. The maximum atomic E-state index is 12.6. The molecule has 2 fully saturated rings. The zero-order chi connectivity index (χ0) is 15.0. The molecule has 0 aromatic carbocycles. The number of aliphatic carboxylic acids is 1. The van der Waals surface area contributed by atoms with E-state index < -0.39 is 16.9 Å². The van der Waals surface area contributed by atoms with E-state index in [1.165, 1.54) is 0 Å². The lowest BCUT2D eigenvalue weighted by Gasteiger charge is -2.38. The summed E-state index contributed by atoms with van der Waals surface area (Å²) in [6.45, 7) is 7.32. The van der Waals surface area contributed by atoms with E-state index in [9.17, 15) is 14.7 Å². The van der Waals surface area contributed by atoms with E-state index in [1.807, 2.05) is 13.8 Å². The Kier molecular flexibility index (Phi) is 4.09. The van der Waals surface area contributed by atoms with Crippen LogP contribution in [0.1, 0.15) is 46.5 Å². The van der Waals surface area contributed by atoms with E-state index in [-0.39, 0.29) is 17.7 Å². The van der Waals surface area contributed by atoms with Crippen molar-refractivity contribution in [1.82, 2.24) is 10.6 Å². The van der Waals surface area contributed by atoms with E-state index in [1.54, 1.807) is 6.92 Å². The molecule has 2 aliphatic rings. The third kappa shape index (κ3) is 2.82. The first-order chi connectivity index (χ1) is 9.28. The van der Waals surface area contributed by atoms with E-state index in [0.717, 1.165) is 38.8 Å². The van der Waals surface area contributed by atoms with Crippen molar-refractivity contribution in [2.45, 2.75) is 52.0 Å². The molecule has 2 unspecified atom stereocenters. The predicted octanol–water partition coefficient (Wildman–Crippen LogP) is 1.38. The summed E-state index contributed by atoms with van der Waals surface area (Å²) in [6.07, 6.45) is 3.85. The Morgan fingerprint density at radius 2 is 1.80 bits per heavy atom. The molecule has 0 spiro atoms. The topological polar surface area (TPSA) is 78.4 Å². The van der Waals surface area contributed by atoms with Crippen LogP contribution < -0.4 is 10.6 Å². The highest BCUT2D eigenvalue weighted by Crippen LogP contribution is 2.41. The normalized spacial score (nSPS) is 26.6. The van der Waals surface area contributed by atoms with E-state index >= 15 is 0 Å². The number of carboxylic acids is 1. The first-order valence-electron chi connectivity index (χ1n) is 7.55. The Bertz CT molecular complexity index is 398. The van der Waals surface area contributed by atoms with Crippen LogP contribution in [0, 0.1) is 17.3 Å². The minimum absolute atomic E-state index is 0.0734. The molecule has 5 heteroatoms. The maximum Gasteiger partial charge on any atom is 0.329 e. The second-order valence-electron chi connectivity index (χ2n) is 7.00. The number of hydrogen-bond acceptors (Lipinski definition) is 3. The second kappa shape index (κ2) is 5.35. The molecule has 20 heavy (non-hydrogen) atoms. The van der Waals surface area contributed by atoms with Crippen LogP contribution in [0.5, 0.6) is 0 Å². The van der Waals surface area contributed by atoms with Crippen LogP contribution in [0.3, 0.4) is 0 Å². The van der Waals surface area contributed by atoms with Gasteiger partial charge >= 0.3 is 5.97 Å². The molecule has 1 heterocycles. The molecular weight excluding hydrogens is 256 g/mol. The molecular formula is C15H26N2O3. The lowest BCUT2D eigenvalue weighted by molar-refractivity contribution is -0.150. The summed E-state index contributed by atoms with van der Waals surface area (Å²) in [5.74, 6) is -0.730. The van der Waals surface area contributed by atoms with Gasteiger partial charge in [-0.1, -0.05) is 13.8 Å². The van der Waals surface area contributed by atoms with Gasteiger partial charge in [-0.3, -0.25) is 4.79 Å². The highest BCUT2D eigenvalue weighted by atomic mass is 16.4. The summed E-state index contributed by atoms with van der Waals surface area (Å²) in [7, 11) is 0. The molecule has 1 aliphatic carbocycles. The predicted molar refractivity (Wildman–Crippen MR) is 76.3 cm³/mol. The summed E-state index contributed by atoms with van der Waals surface area (Å²) in [4.78, 5) is 24.1. The van der Waals surface area contributed by atoms with Crippen molar-refractivity contribution in [3.8, 4) is 0 Å². The fourth-order valence-electron chi connectivity index (χ4n) is 3.04. The zero-order valence-corrected chi connectivity index (χ0v) is 12.7. The van der Waals surface area contributed by atoms with Crippen molar-refractivity contribution >= 4 is 11.9 Å². The quantitative estimate of drug-likeness (QED) is 0.712. The molecule has 0 bridgehead atoms. The minimum atomic E-state index is -1.11. The number of carbonyl (C=O) groups is 2. The van der Waals surface area contributed by atoms with Gasteiger partial charge in [0.2, 0.25) is 5.91 Å². The van der Waals surface area contributed by atoms with Crippen LogP contribution in [0.4, 0.5) is 0 Å². The molecule has 0 aromatic heterocycles. The SMILES string of the molecule is CC(C)(C(=O)NC(C)(C(=O)O)C1CC1)C1CCCNC1. The molecule has 1 aliphatic heterocycles. The standard InChI is InChI=1S/C15H26N2O3/c1-14(2,11-5-4-8-16-9-11)12(18)17-15(3,13(19)20)10-6-7-10/h10-11,16H,4-9H2,1-3H3,(H,17,18)(H,19,20). The second-order valence-corrected chi connectivity index (χ2v) is 7.00. The molecule has 1 saturated carbocycles. The molecule has 2 atom stereocenters. The number of nitrogens with one attached hydrogen (secondary N) is 2. The third-order valence-electron chi connectivity index (χ3n) is 5.11. The highest BCUT2D eigenvalue weighted by molar-refractivity contribution is 5.90. The van der Waals surface area contributed by atoms with Crippen molar-refractivity contribution in [2.24, 2.45) is 17.3 Å². The highest BCUT2D eigenvalue weighted by Gasteiger charge is 2.50. The first-order valence-corrected chi connectivity index (χ1v) is 7.55. The fraction of sp³-hybridized carbons (Fsp3) is 0.867. The van der Waals surface area contributed by atoms with Crippen molar-refractivity contribution in [3.63, 3.8) is 0 Å². The molecule has 5 nitrogen and oxygen atoms in total. The van der Waals surface area contributed by atoms with E-state index in [0.29, 0.717) is 0 Å². The van der Waals surface area contributed by atoms with Gasteiger partial charge in [-0.25, -0.2) is 4.79 Å². The Hall–Kier alpha value is -1.10. The third-order valence-corrected chi connectivity index (χ3v) is 5.11. The van der Waals surface area contributed by atoms with E-state index in [4.69, 9.17) is 0 Å². The average molecular weight is 282 g/mol. The number of piperidine rings is 1. The number of hydrogen-bond donors (Lipinski definition) is 3. The van der Waals surface area contributed by atoms with Crippen LogP contribution in [0.2, 0.25) is 0 Å².